The Balaban J connectivity index is 2.24. The number of benzene rings is 2. The molecule has 28 heavy (non-hydrogen) atoms. The van der Waals surface area contributed by atoms with Gasteiger partial charge in [-0.1, -0.05) is 0 Å². The van der Waals surface area contributed by atoms with Crippen molar-refractivity contribution >= 4 is 39.1 Å². The molecular formula is C17H3F10Na. The Morgan fingerprint density at radius 2 is 0.821 bits per heavy atom. The monoisotopic (exact) mass is 420 g/mol. The molecule has 1 aliphatic carbocycles. The van der Waals surface area contributed by atoms with Crippen LogP contribution in [-0.4, -0.2) is 27.9 Å². The molecular weight excluding hydrogens is 417 g/mol. The van der Waals surface area contributed by atoms with Gasteiger partial charge in [-0.15, -0.1) is 0 Å². The Morgan fingerprint density at radius 3 is 1.21 bits per heavy atom. The maximum atomic E-state index is 14.0. The Labute approximate surface area is 167 Å². The quantitative estimate of drug-likeness (QED) is 0.260. The predicted molar refractivity (Wildman–Crippen MR) is 77.9 cm³/mol. The van der Waals surface area contributed by atoms with E-state index in [1.54, 1.807) is 0 Å². The fraction of sp³-hybridized carbons (Fsp3) is 0.0588. The van der Waals surface area contributed by atoms with E-state index in [4.69, 9.17) is 0 Å². The average molecular weight is 420 g/mol. The van der Waals surface area contributed by atoms with Crippen LogP contribution < -0.4 is 0 Å². The number of hydrogen-bond donors (Lipinski definition) is 0. The standard InChI is InChI=1S/C17H3F10.Na/c18-8-6(9(19)13(23)16(26)12(8)22)4-1-2-5(3-4)7-10(20)14(24)17(27)15(25)11(7)21;/h1-3H;. The Morgan fingerprint density at radius 1 is 0.500 bits per heavy atom. The molecule has 0 saturated carbocycles. The van der Waals surface area contributed by atoms with Crippen molar-refractivity contribution < 1.29 is 43.9 Å². The molecule has 0 aliphatic heterocycles. The molecule has 0 bridgehead atoms. The van der Waals surface area contributed by atoms with E-state index in [1.807, 2.05) is 0 Å². The second kappa shape index (κ2) is 7.23. The van der Waals surface area contributed by atoms with E-state index in [2.05, 4.69) is 0 Å². The van der Waals surface area contributed by atoms with Crippen LogP contribution in [0.15, 0.2) is 12.2 Å². The van der Waals surface area contributed by atoms with Crippen LogP contribution in [0.2, 0.25) is 3.17 Å². The van der Waals surface area contributed by atoms with Crippen LogP contribution in [0.1, 0.15) is 11.1 Å². The summed E-state index contributed by atoms with van der Waals surface area (Å²) in [4.78, 5) is 0. The molecule has 142 valence electrons. The van der Waals surface area contributed by atoms with E-state index in [9.17, 15) is 43.9 Å². The van der Waals surface area contributed by atoms with Crippen LogP contribution in [0.5, 0.6) is 0 Å². The van der Waals surface area contributed by atoms with Gasteiger partial charge in [-0.2, -0.15) is 0 Å². The van der Waals surface area contributed by atoms with Gasteiger partial charge in [-0.05, 0) is 0 Å². The third-order valence-electron chi connectivity index (χ3n) is 4.23. The topological polar surface area (TPSA) is 0 Å². The molecule has 2 aromatic carbocycles. The van der Waals surface area contributed by atoms with E-state index in [0.29, 0.717) is 6.08 Å². The number of halogens is 10. The van der Waals surface area contributed by atoms with Crippen LogP contribution in [-0.2, 0) is 0 Å². The molecule has 0 amide bonds. The van der Waals surface area contributed by atoms with Gasteiger partial charge in [-0.3, -0.25) is 0 Å². The van der Waals surface area contributed by atoms with Crippen molar-refractivity contribution in [3.63, 3.8) is 0 Å². The van der Waals surface area contributed by atoms with Gasteiger partial charge in [0.25, 0.3) is 0 Å². The molecule has 0 aromatic heterocycles. The fourth-order valence-electron chi connectivity index (χ4n) is 2.88. The van der Waals surface area contributed by atoms with E-state index in [1.165, 1.54) is 0 Å². The SMILES string of the molecule is Fc1c(F)c(F)c(C2=C[CH]([Na])C(c3c(F)c(F)c(F)c(F)c3F)=C2)c(F)c1F. The zero-order valence-corrected chi connectivity index (χ0v) is 15.5. The first-order valence-corrected chi connectivity index (χ1v) is 8.61. The summed E-state index contributed by atoms with van der Waals surface area (Å²) in [7, 11) is 0. The molecule has 0 radical (unpaired) electrons. The van der Waals surface area contributed by atoms with Crippen molar-refractivity contribution in [2.45, 2.75) is 3.17 Å². The Hall–Kier alpha value is -1.78. The van der Waals surface area contributed by atoms with Gasteiger partial charge in [0, 0.05) is 0 Å². The first-order chi connectivity index (χ1) is 13.0. The second-order valence-electron chi connectivity index (χ2n) is 5.90. The third-order valence-corrected chi connectivity index (χ3v) is 5.18. The van der Waals surface area contributed by atoms with E-state index < -0.39 is 83.6 Å². The molecule has 1 aliphatic rings. The Kier molecular flexibility index (Phi) is 5.41. The van der Waals surface area contributed by atoms with Crippen molar-refractivity contribution in [3.05, 3.63) is 81.5 Å². The molecule has 1 atom stereocenters. The van der Waals surface area contributed by atoms with Crippen molar-refractivity contribution in [2.75, 3.05) is 0 Å². The zero-order valence-electron chi connectivity index (χ0n) is 13.5. The van der Waals surface area contributed by atoms with Crippen LogP contribution >= 0.6 is 0 Å². The summed E-state index contributed by atoms with van der Waals surface area (Å²) in [6.45, 7) is 0. The molecule has 0 heterocycles. The number of allylic oxidation sites excluding steroid dienone is 4. The summed E-state index contributed by atoms with van der Waals surface area (Å²) >= 11 is -0.0327. The molecule has 0 spiro atoms. The van der Waals surface area contributed by atoms with Crippen LogP contribution in [0.25, 0.3) is 11.1 Å². The third kappa shape index (κ3) is 2.98. The van der Waals surface area contributed by atoms with Crippen LogP contribution in [0.3, 0.4) is 0 Å². The van der Waals surface area contributed by atoms with E-state index >= 15 is 0 Å². The van der Waals surface area contributed by atoms with Gasteiger partial charge in [-0.25, -0.2) is 0 Å². The van der Waals surface area contributed by atoms with Gasteiger partial charge in [0.05, 0.1) is 0 Å². The van der Waals surface area contributed by atoms with E-state index in [0.717, 1.165) is 6.08 Å². The first-order valence-electron chi connectivity index (χ1n) is 7.46. The van der Waals surface area contributed by atoms with Gasteiger partial charge in [0.15, 0.2) is 0 Å². The zero-order chi connectivity index (χ0) is 21.1. The summed E-state index contributed by atoms with van der Waals surface area (Å²) < 4.78 is 135. The summed E-state index contributed by atoms with van der Waals surface area (Å²) in [6.07, 6.45) is 1.56. The maximum absolute atomic E-state index is 14.0. The van der Waals surface area contributed by atoms with Gasteiger partial charge in [0.1, 0.15) is 0 Å². The molecule has 0 nitrogen and oxygen atoms in total. The van der Waals surface area contributed by atoms with Gasteiger partial charge in [0.2, 0.25) is 0 Å². The van der Waals surface area contributed by atoms with Crippen LogP contribution in [0, 0.1) is 58.2 Å². The molecule has 11 heteroatoms. The summed E-state index contributed by atoms with van der Waals surface area (Å²) in [5, 5.41) is 0. The number of hydrogen-bond acceptors (Lipinski definition) is 0. The molecule has 0 N–H and O–H groups in total. The van der Waals surface area contributed by atoms with Gasteiger partial charge < -0.3 is 0 Å². The van der Waals surface area contributed by atoms with Crippen LogP contribution in [0.4, 0.5) is 43.9 Å². The fourth-order valence-corrected chi connectivity index (χ4v) is 3.69. The van der Waals surface area contributed by atoms with Crippen molar-refractivity contribution in [3.8, 4) is 0 Å². The first kappa shape index (κ1) is 20.9. The van der Waals surface area contributed by atoms with E-state index in [-0.39, 0.29) is 27.9 Å². The van der Waals surface area contributed by atoms with Crippen molar-refractivity contribution in [2.24, 2.45) is 0 Å². The second-order valence-corrected chi connectivity index (χ2v) is 7.14. The predicted octanol–water partition coefficient (Wildman–Crippen LogP) is 5.52. The van der Waals surface area contributed by atoms with Crippen molar-refractivity contribution in [1.29, 1.82) is 0 Å². The summed E-state index contributed by atoms with van der Waals surface area (Å²) in [5.41, 5.74) is -3.85. The molecule has 0 saturated heterocycles. The summed E-state index contributed by atoms with van der Waals surface area (Å²) in [5.74, 6) is -22.4. The molecule has 3 rings (SSSR count). The summed E-state index contributed by atoms with van der Waals surface area (Å²) in [6, 6.07) is 0. The van der Waals surface area contributed by atoms with Gasteiger partial charge >= 0.3 is 168 Å². The Bertz CT molecular complexity index is 1030. The van der Waals surface area contributed by atoms with Crippen molar-refractivity contribution in [1.82, 2.24) is 0 Å². The molecule has 1 unspecified atom stereocenters. The molecule has 0 fully saturated rings. The minimum absolute atomic E-state index is 0.0327. The minimum atomic E-state index is -2.40. The number of rotatable bonds is 2. The average Bonchev–Trinajstić information content (AvgIpc) is 3.02. The normalized spacial score (nSPS) is 16.5. The molecule has 2 aromatic rings.